The lowest BCUT2D eigenvalue weighted by atomic mass is 10.1. The van der Waals surface area contributed by atoms with Crippen molar-refractivity contribution in [1.82, 2.24) is 14.9 Å². The van der Waals surface area contributed by atoms with E-state index < -0.39 is 0 Å². The maximum Gasteiger partial charge on any atom is 0.260 e. The van der Waals surface area contributed by atoms with E-state index in [1.807, 2.05) is 11.4 Å². The Bertz CT molecular complexity index is 912. The number of nitrogens with one attached hydrogen (secondary N) is 1. The lowest BCUT2D eigenvalue weighted by Gasteiger charge is -2.26. The molecule has 2 aromatic heterocycles. The molecule has 1 aromatic carbocycles. The second-order valence-corrected chi connectivity index (χ2v) is 8.31. The number of thioether (sulfide) groups is 1. The minimum Gasteiger partial charge on any atom is -0.301 e. The Morgan fingerprint density at radius 1 is 1.16 bits per heavy atom. The maximum absolute atomic E-state index is 12.0. The maximum atomic E-state index is 12.0. The second-order valence-electron chi connectivity index (χ2n) is 6.46. The molecular weight excluding hydrogens is 350 g/mol. The lowest BCUT2D eigenvalue weighted by molar-refractivity contribution is 0.221. The fraction of sp³-hybridized carbons (Fsp3) is 0.368. The Morgan fingerprint density at radius 3 is 2.88 bits per heavy atom. The van der Waals surface area contributed by atoms with E-state index in [9.17, 15) is 4.79 Å². The van der Waals surface area contributed by atoms with Gasteiger partial charge >= 0.3 is 0 Å². The van der Waals surface area contributed by atoms with Gasteiger partial charge < -0.3 is 4.98 Å². The Hall–Kier alpha value is -1.63. The van der Waals surface area contributed by atoms with Gasteiger partial charge in [0.15, 0.2) is 5.16 Å². The van der Waals surface area contributed by atoms with Crippen molar-refractivity contribution < 1.29 is 0 Å². The van der Waals surface area contributed by atoms with Crippen LogP contribution < -0.4 is 5.56 Å². The summed E-state index contributed by atoms with van der Waals surface area (Å²) in [5.41, 5.74) is 2.59. The second kappa shape index (κ2) is 7.72. The van der Waals surface area contributed by atoms with Crippen LogP contribution in [0.1, 0.15) is 30.4 Å². The predicted octanol–water partition coefficient (Wildman–Crippen LogP) is 4.26. The molecule has 3 heterocycles. The molecule has 6 heteroatoms. The van der Waals surface area contributed by atoms with Gasteiger partial charge in [-0.3, -0.25) is 9.69 Å². The zero-order chi connectivity index (χ0) is 17.1. The van der Waals surface area contributed by atoms with Crippen LogP contribution in [0.25, 0.3) is 10.2 Å². The minimum absolute atomic E-state index is 0.0485. The number of piperidine rings is 1. The molecule has 0 amide bonds. The highest BCUT2D eigenvalue weighted by Gasteiger charge is 2.11. The van der Waals surface area contributed by atoms with Gasteiger partial charge in [0, 0.05) is 12.3 Å². The average molecular weight is 372 g/mol. The molecule has 0 aliphatic carbocycles. The van der Waals surface area contributed by atoms with Crippen LogP contribution in [0.5, 0.6) is 0 Å². The van der Waals surface area contributed by atoms with E-state index in [4.69, 9.17) is 0 Å². The molecule has 1 saturated heterocycles. The number of H-pyrrole nitrogens is 1. The quantitative estimate of drug-likeness (QED) is 0.538. The molecule has 4 rings (SSSR count). The van der Waals surface area contributed by atoms with Gasteiger partial charge in [-0.15, -0.1) is 11.3 Å². The molecule has 3 aromatic rings. The monoisotopic (exact) mass is 371 g/mol. The normalized spacial score (nSPS) is 15.7. The third-order valence-corrected chi connectivity index (χ3v) is 6.29. The third-order valence-electron chi connectivity index (χ3n) is 4.53. The highest BCUT2D eigenvalue weighted by atomic mass is 32.2. The molecule has 0 atom stereocenters. The van der Waals surface area contributed by atoms with E-state index >= 15 is 0 Å². The summed E-state index contributed by atoms with van der Waals surface area (Å²) in [5, 5.41) is 3.28. The summed E-state index contributed by atoms with van der Waals surface area (Å²) in [6.07, 6.45) is 4.01. The highest BCUT2D eigenvalue weighted by molar-refractivity contribution is 7.98. The zero-order valence-electron chi connectivity index (χ0n) is 14.0. The molecule has 0 unspecified atom stereocenters. The van der Waals surface area contributed by atoms with Crippen molar-refractivity contribution in [2.75, 3.05) is 13.1 Å². The summed E-state index contributed by atoms with van der Waals surface area (Å²) in [7, 11) is 0. The van der Waals surface area contributed by atoms with Crippen molar-refractivity contribution in [3.8, 4) is 0 Å². The van der Waals surface area contributed by atoms with Gasteiger partial charge in [-0.1, -0.05) is 42.4 Å². The van der Waals surface area contributed by atoms with E-state index in [-0.39, 0.29) is 5.56 Å². The topological polar surface area (TPSA) is 49.0 Å². The molecule has 0 spiro atoms. The van der Waals surface area contributed by atoms with Crippen molar-refractivity contribution in [1.29, 1.82) is 0 Å². The molecule has 4 nitrogen and oxygen atoms in total. The first-order chi connectivity index (χ1) is 12.3. The number of aromatic amines is 1. The number of thiophene rings is 1. The summed E-state index contributed by atoms with van der Waals surface area (Å²) < 4.78 is 0. The van der Waals surface area contributed by atoms with Gasteiger partial charge in [-0.25, -0.2) is 4.98 Å². The van der Waals surface area contributed by atoms with E-state index in [1.54, 1.807) is 11.8 Å². The Morgan fingerprint density at radius 2 is 2.00 bits per heavy atom. The largest absolute Gasteiger partial charge is 0.301 e. The number of aromatic nitrogens is 2. The van der Waals surface area contributed by atoms with Crippen molar-refractivity contribution >= 4 is 33.3 Å². The van der Waals surface area contributed by atoms with Crippen LogP contribution in [-0.2, 0) is 12.3 Å². The van der Waals surface area contributed by atoms with Gasteiger partial charge in [-0.05, 0) is 48.5 Å². The number of likely N-dealkylation sites (tertiary alicyclic amines) is 1. The summed E-state index contributed by atoms with van der Waals surface area (Å²) in [5.74, 6) is 0.813. The van der Waals surface area contributed by atoms with Gasteiger partial charge in [0.1, 0.15) is 4.83 Å². The molecule has 0 bridgehead atoms. The molecule has 0 saturated carbocycles. The first-order valence-corrected chi connectivity index (χ1v) is 10.5. The Kier molecular flexibility index (Phi) is 5.20. The number of hydrogen-bond donors (Lipinski definition) is 1. The minimum atomic E-state index is -0.0485. The fourth-order valence-electron chi connectivity index (χ4n) is 3.26. The Balaban J connectivity index is 1.43. The van der Waals surface area contributed by atoms with E-state index in [0.717, 1.165) is 17.1 Å². The summed E-state index contributed by atoms with van der Waals surface area (Å²) in [6, 6.07) is 10.6. The molecule has 1 aliphatic rings. The van der Waals surface area contributed by atoms with Gasteiger partial charge in [-0.2, -0.15) is 0 Å². The van der Waals surface area contributed by atoms with Crippen molar-refractivity contribution in [2.24, 2.45) is 0 Å². The third kappa shape index (κ3) is 4.14. The van der Waals surface area contributed by atoms with Crippen LogP contribution in [0, 0.1) is 0 Å². The van der Waals surface area contributed by atoms with E-state index in [2.05, 4.69) is 39.1 Å². The van der Waals surface area contributed by atoms with Crippen LogP contribution in [0.2, 0.25) is 0 Å². The number of nitrogens with zero attached hydrogens (tertiary/aromatic N) is 2. The van der Waals surface area contributed by atoms with E-state index in [0.29, 0.717) is 10.5 Å². The van der Waals surface area contributed by atoms with Crippen LogP contribution in [0.3, 0.4) is 0 Å². The van der Waals surface area contributed by atoms with Crippen LogP contribution >= 0.6 is 23.1 Å². The lowest BCUT2D eigenvalue weighted by Crippen LogP contribution is -2.29. The Labute approximate surface area is 155 Å². The van der Waals surface area contributed by atoms with Crippen LogP contribution in [0.4, 0.5) is 0 Å². The number of rotatable bonds is 5. The fourth-order valence-corrected chi connectivity index (χ4v) is 4.89. The molecular formula is C19H21N3OS2. The summed E-state index contributed by atoms with van der Waals surface area (Å²) in [6.45, 7) is 3.46. The molecule has 0 radical (unpaired) electrons. The number of fused-ring (bicyclic) bond motifs is 1. The van der Waals surface area contributed by atoms with Crippen LogP contribution in [-0.4, -0.2) is 28.0 Å². The van der Waals surface area contributed by atoms with Gasteiger partial charge in [0.2, 0.25) is 0 Å². The predicted molar refractivity (Wildman–Crippen MR) is 105 cm³/mol. The first-order valence-electron chi connectivity index (χ1n) is 8.68. The highest BCUT2D eigenvalue weighted by Crippen LogP contribution is 2.23. The molecule has 130 valence electrons. The zero-order valence-corrected chi connectivity index (χ0v) is 15.7. The summed E-state index contributed by atoms with van der Waals surface area (Å²) >= 11 is 3.10. The van der Waals surface area contributed by atoms with E-state index in [1.165, 1.54) is 54.8 Å². The molecule has 1 aliphatic heterocycles. The smallest absolute Gasteiger partial charge is 0.260 e. The molecule has 1 N–H and O–H groups in total. The summed E-state index contributed by atoms with van der Waals surface area (Å²) in [4.78, 5) is 22.8. The molecule has 1 fully saturated rings. The number of benzene rings is 1. The standard InChI is InChI=1S/C19H21N3OS2/c23-17-16-7-10-24-18(16)21-19(20-17)25-13-15-6-4-5-14(11-15)12-22-8-2-1-3-9-22/h4-7,10-11H,1-3,8-9,12-13H2,(H,20,21,23). The van der Waals surface area contributed by atoms with Gasteiger partial charge in [0.05, 0.1) is 5.39 Å². The first kappa shape index (κ1) is 16.8. The van der Waals surface area contributed by atoms with Crippen molar-refractivity contribution in [3.63, 3.8) is 0 Å². The van der Waals surface area contributed by atoms with Crippen molar-refractivity contribution in [2.45, 2.75) is 36.7 Å². The SMILES string of the molecule is O=c1[nH]c(SCc2cccc(CN3CCCCC3)c2)nc2sccc12. The van der Waals surface area contributed by atoms with Crippen LogP contribution in [0.15, 0.2) is 45.7 Å². The van der Waals surface area contributed by atoms with Crippen molar-refractivity contribution in [3.05, 3.63) is 57.2 Å². The average Bonchev–Trinajstić information content (AvgIpc) is 3.10. The molecule has 25 heavy (non-hydrogen) atoms. The van der Waals surface area contributed by atoms with Gasteiger partial charge in [0.25, 0.3) is 5.56 Å². The number of hydrogen-bond acceptors (Lipinski definition) is 5.